The molecule has 0 aliphatic rings. The summed E-state index contributed by atoms with van der Waals surface area (Å²) in [6.07, 6.45) is 0. The van der Waals surface area contributed by atoms with E-state index in [4.69, 9.17) is 0 Å². The van der Waals surface area contributed by atoms with E-state index in [1.165, 1.54) is 11.8 Å². The van der Waals surface area contributed by atoms with Gasteiger partial charge in [-0.25, -0.2) is 4.68 Å². The van der Waals surface area contributed by atoms with Crippen molar-refractivity contribution in [3.63, 3.8) is 0 Å². The molecule has 1 N–H and O–H groups in total. The minimum absolute atomic E-state index is 0.0709. The summed E-state index contributed by atoms with van der Waals surface area (Å²) >= 11 is 1.33. The van der Waals surface area contributed by atoms with Gasteiger partial charge in [0.1, 0.15) is 0 Å². The minimum Gasteiger partial charge on any atom is -0.325 e. The number of benzene rings is 1. The maximum Gasteiger partial charge on any atom is 0.234 e. The highest BCUT2D eigenvalue weighted by molar-refractivity contribution is 7.99. The highest BCUT2D eigenvalue weighted by Gasteiger charge is 2.20. The van der Waals surface area contributed by atoms with Crippen molar-refractivity contribution in [2.75, 3.05) is 11.1 Å². The zero-order valence-corrected chi connectivity index (χ0v) is 14.4. The Kier molecular flexibility index (Phi) is 4.85. The maximum absolute atomic E-state index is 12.1. The molecular formula is C15H21N5OS. The number of hydrogen-bond donors (Lipinski definition) is 1. The first kappa shape index (κ1) is 16.5. The molecule has 0 radical (unpaired) electrons. The van der Waals surface area contributed by atoms with Crippen molar-refractivity contribution in [1.29, 1.82) is 0 Å². The van der Waals surface area contributed by atoms with Gasteiger partial charge in [0.05, 0.1) is 11.3 Å². The second kappa shape index (κ2) is 6.48. The summed E-state index contributed by atoms with van der Waals surface area (Å²) in [5, 5.41) is 15.2. The van der Waals surface area contributed by atoms with Gasteiger partial charge < -0.3 is 5.32 Å². The van der Waals surface area contributed by atoms with Gasteiger partial charge in [0.2, 0.25) is 11.1 Å². The van der Waals surface area contributed by atoms with Gasteiger partial charge in [0.15, 0.2) is 0 Å². The predicted molar refractivity (Wildman–Crippen MR) is 88.1 cm³/mol. The van der Waals surface area contributed by atoms with Crippen molar-refractivity contribution in [1.82, 2.24) is 20.2 Å². The Labute approximate surface area is 134 Å². The number of amides is 1. The predicted octanol–water partition coefficient (Wildman–Crippen LogP) is 2.78. The Balaban J connectivity index is 1.98. The second-order valence-corrected chi connectivity index (χ2v) is 7.20. The lowest BCUT2D eigenvalue weighted by molar-refractivity contribution is -0.113. The molecule has 0 saturated heterocycles. The third-order valence-electron chi connectivity index (χ3n) is 2.91. The van der Waals surface area contributed by atoms with Crippen LogP contribution in [0.1, 0.15) is 31.9 Å². The lowest BCUT2D eigenvalue weighted by Gasteiger charge is -2.19. The van der Waals surface area contributed by atoms with Crippen LogP contribution in [-0.4, -0.2) is 31.9 Å². The highest BCUT2D eigenvalue weighted by atomic mass is 32.2. The number of aromatic nitrogens is 4. The van der Waals surface area contributed by atoms with Gasteiger partial charge >= 0.3 is 0 Å². The number of nitrogens with one attached hydrogen (secondary N) is 1. The molecule has 1 aromatic carbocycles. The smallest absolute Gasteiger partial charge is 0.234 e. The third kappa shape index (κ3) is 4.30. The highest BCUT2D eigenvalue weighted by Crippen LogP contribution is 2.21. The summed E-state index contributed by atoms with van der Waals surface area (Å²) in [5.41, 5.74) is 2.86. The van der Waals surface area contributed by atoms with Gasteiger partial charge in [-0.3, -0.25) is 4.79 Å². The molecule has 1 heterocycles. The minimum atomic E-state index is -0.212. The van der Waals surface area contributed by atoms with Gasteiger partial charge in [0, 0.05) is 5.69 Å². The van der Waals surface area contributed by atoms with Crippen LogP contribution in [-0.2, 0) is 10.3 Å². The van der Waals surface area contributed by atoms with Crippen LogP contribution in [0.4, 0.5) is 5.69 Å². The molecule has 6 nitrogen and oxygen atoms in total. The molecule has 0 aliphatic heterocycles. The average Bonchev–Trinajstić information content (AvgIpc) is 2.83. The number of carbonyl (C=O) groups excluding carboxylic acids is 1. The van der Waals surface area contributed by atoms with Crippen LogP contribution >= 0.6 is 11.8 Å². The van der Waals surface area contributed by atoms with Crippen LogP contribution in [0.2, 0.25) is 0 Å². The quantitative estimate of drug-likeness (QED) is 0.877. The van der Waals surface area contributed by atoms with E-state index in [9.17, 15) is 4.79 Å². The SMILES string of the molecule is Cc1cc(C)cc(NC(=O)CSc2nnnn2C(C)(C)C)c1. The summed E-state index contributed by atoms with van der Waals surface area (Å²) in [5.74, 6) is 0.196. The Hall–Kier alpha value is -1.89. The lowest BCUT2D eigenvalue weighted by Crippen LogP contribution is -2.24. The molecule has 7 heteroatoms. The lowest BCUT2D eigenvalue weighted by atomic mass is 10.1. The number of aryl methyl sites for hydroxylation is 2. The van der Waals surface area contributed by atoms with Crippen LogP contribution in [0.5, 0.6) is 0 Å². The van der Waals surface area contributed by atoms with E-state index < -0.39 is 0 Å². The van der Waals surface area contributed by atoms with E-state index in [0.29, 0.717) is 5.16 Å². The fraction of sp³-hybridized carbons (Fsp3) is 0.467. The molecule has 0 spiro atoms. The summed E-state index contributed by atoms with van der Waals surface area (Å²) in [4.78, 5) is 12.1. The number of tetrazole rings is 1. The number of anilines is 1. The zero-order chi connectivity index (χ0) is 16.3. The van der Waals surface area contributed by atoms with Crippen LogP contribution in [0.15, 0.2) is 23.4 Å². The van der Waals surface area contributed by atoms with Crippen LogP contribution in [0.3, 0.4) is 0 Å². The number of rotatable bonds is 4. The van der Waals surface area contributed by atoms with Gasteiger partial charge in [-0.2, -0.15) is 0 Å². The van der Waals surface area contributed by atoms with Crippen molar-refractivity contribution < 1.29 is 4.79 Å². The molecular weight excluding hydrogens is 298 g/mol. The van der Waals surface area contributed by atoms with Crippen molar-refractivity contribution >= 4 is 23.4 Å². The van der Waals surface area contributed by atoms with Gasteiger partial charge in [0.25, 0.3) is 0 Å². The molecule has 2 aromatic rings. The third-order valence-corrected chi connectivity index (χ3v) is 3.83. The maximum atomic E-state index is 12.1. The Morgan fingerprint density at radius 2 is 1.86 bits per heavy atom. The summed E-state index contributed by atoms with van der Waals surface area (Å²) < 4.78 is 1.72. The topological polar surface area (TPSA) is 72.7 Å². The van der Waals surface area contributed by atoms with Crippen LogP contribution in [0, 0.1) is 13.8 Å². The van der Waals surface area contributed by atoms with E-state index in [2.05, 4.69) is 26.9 Å². The molecule has 22 heavy (non-hydrogen) atoms. The molecule has 0 atom stereocenters. The average molecular weight is 319 g/mol. The van der Waals surface area contributed by atoms with Crippen molar-refractivity contribution in [3.05, 3.63) is 29.3 Å². The van der Waals surface area contributed by atoms with E-state index in [0.717, 1.165) is 16.8 Å². The molecule has 0 saturated carbocycles. The van der Waals surface area contributed by atoms with E-state index in [1.807, 2.05) is 46.8 Å². The molecule has 1 amide bonds. The summed E-state index contributed by atoms with van der Waals surface area (Å²) in [7, 11) is 0. The summed E-state index contributed by atoms with van der Waals surface area (Å²) in [6.45, 7) is 10.1. The first-order valence-corrected chi connectivity index (χ1v) is 8.04. The largest absolute Gasteiger partial charge is 0.325 e. The number of hydrogen-bond acceptors (Lipinski definition) is 5. The number of thioether (sulfide) groups is 1. The molecule has 118 valence electrons. The Bertz CT molecular complexity index is 655. The van der Waals surface area contributed by atoms with E-state index >= 15 is 0 Å². The van der Waals surface area contributed by atoms with Gasteiger partial charge in [-0.1, -0.05) is 17.8 Å². The van der Waals surface area contributed by atoms with E-state index in [1.54, 1.807) is 4.68 Å². The normalized spacial score (nSPS) is 11.5. The molecule has 0 fully saturated rings. The number of nitrogens with zero attached hydrogens (tertiary/aromatic N) is 4. The molecule has 1 aromatic heterocycles. The zero-order valence-electron chi connectivity index (χ0n) is 13.5. The van der Waals surface area contributed by atoms with Crippen LogP contribution in [0.25, 0.3) is 0 Å². The first-order valence-electron chi connectivity index (χ1n) is 7.05. The van der Waals surface area contributed by atoms with Gasteiger partial charge in [-0.15, -0.1) is 5.10 Å². The second-order valence-electron chi connectivity index (χ2n) is 6.26. The fourth-order valence-electron chi connectivity index (χ4n) is 2.06. The summed E-state index contributed by atoms with van der Waals surface area (Å²) in [6, 6.07) is 5.98. The molecule has 2 rings (SSSR count). The molecule has 0 bridgehead atoms. The Morgan fingerprint density at radius 1 is 1.23 bits per heavy atom. The van der Waals surface area contributed by atoms with E-state index in [-0.39, 0.29) is 17.2 Å². The first-order chi connectivity index (χ1) is 10.3. The Morgan fingerprint density at radius 3 is 2.45 bits per heavy atom. The van der Waals surface area contributed by atoms with Crippen molar-refractivity contribution in [2.45, 2.75) is 45.3 Å². The fourth-order valence-corrected chi connectivity index (χ4v) is 2.92. The molecule has 0 unspecified atom stereocenters. The van der Waals surface area contributed by atoms with Gasteiger partial charge in [-0.05, 0) is 68.3 Å². The number of carbonyl (C=O) groups is 1. The van der Waals surface area contributed by atoms with Crippen LogP contribution < -0.4 is 5.32 Å². The molecule has 0 aliphatic carbocycles. The van der Waals surface area contributed by atoms with Crippen molar-refractivity contribution in [2.24, 2.45) is 0 Å². The standard InChI is InChI=1S/C15H21N5OS/c1-10-6-11(2)8-12(7-10)16-13(21)9-22-14-17-18-19-20(14)15(3,4)5/h6-8H,9H2,1-5H3,(H,16,21). The van der Waals surface area contributed by atoms with Crippen molar-refractivity contribution in [3.8, 4) is 0 Å². The monoisotopic (exact) mass is 319 g/mol.